The van der Waals surface area contributed by atoms with Crippen LogP contribution in [0.25, 0.3) is 11.1 Å². The Bertz CT molecular complexity index is 1700. The number of ether oxygens (including phenoxy) is 6. The smallest absolute Gasteiger partial charge is 0.256 e. The third kappa shape index (κ3) is 10.1. The van der Waals surface area contributed by atoms with Crippen molar-refractivity contribution in [3.05, 3.63) is 54.5 Å². The number of aromatic nitrogens is 7. The van der Waals surface area contributed by atoms with Crippen LogP contribution in [-0.2, 0) is 25.5 Å². The lowest BCUT2D eigenvalue weighted by atomic mass is 9.89. The Kier molecular flexibility index (Phi) is 13.6. The molecule has 15 nitrogen and oxygen atoms in total. The van der Waals surface area contributed by atoms with Crippen LogP contribution in [0.1, 0.15) is 57.9 Å². The molecule has 0 spiro atoms. The van der Waals surface area contributed by atoms with Gasteiger partial charge in [-0.15, -0.1) is 5.10 Å². The number of morpholine rings is 1. The minimum Gasteiger partial charge on any atom is -0.487 e. The second kappa shape index (κ2) is 19.1. The van der Waals surface area contributed by atoms with Gasteiger partial charge in [0.15, 0.2) is 0 Å². The van der Waals surface area contributed by atoms with Crippen molar-refractivity contribution < 1.29 is 28.4 Å². The molecule has 54 heavy (non-hydrogen) atoms. The zero-order chi connectivity index (χ0) is 37.1. The Morgan fingerprint density at radius 1 is 0.889 bits per heavy atom. The second-order valence-electron chi connectivity index (χ2n) is 14.2. The van der Waals surface area contributed by atoms with E-state index in [4.69, 9.17) is 45.1 Å². The zero-order valence-electron chi connectivity index (χ0n) is 31.2. The lowest BCUT2D eigenvalue weighted by molar-refractivity contribution is -0.0458. The van der Waals surface area contributed by atoms with E-state index in [-0.39, 0.29) is 6.10 Å². The normalized spacial score (nSPS) is 22.0. The van der Waals surface area contributed by atoms with E-state index >= 15 is 0 Å². The van der Waals surface area contributed by atoms with Crippen LogP contribution in [0.15, 0.2) is 49.4 Å². The highest BCUT2D eigenvalue weighted by atomic mass is 35.5. The summed E-state index contributed by atoms with van der Waals surface area (Å²) in [5.41, 5.74) is 2.44. The maximum Gasteiger partial charge on any atom is 0.256 e. The van der Waals surface area contributed by atoms with Crippen molar-refractivity contribution in [2.45, 2.75) is 88.7 Å². The minimum absolute atomic E-state index is 0.173. The summed E-state index contributed by atoms with van der Waals surface area (Å²) >= 11 is 6.50. The van der Waals surface area contributed by atoms with Crippen molar-refractivity contribution in [3.8, 4) is 22.8 Å². The molecule has 3 aromatic heterocycles. The molecule has 1 saturated carbocycles. The van der Waals surface area contributed by atoms with E-state index in [0.29, 0.717) is 99.4 Å². The van der Waals surface area contributed by atoms with Gasteiger partial charge in [-0.25, -0.2) is 19.6 Å². The van der Waals surface area contributed by atoms with Crippen LogP contribution in [0, 0.1) is 0 Å². The fourth-order valence-corrected chi connectivity index (χ4v) is 7.87. The molecule has 0 unspecified atom stereocenters. The summed E-state index contributed by atoms with van der Waals surface area (Å²) in [5.74, 6) is 1.54. The summed E-state index contributed by atoms with van der Waals surface area (Å²) < 4.78 is 38.2. The number of fused-ring (bicyclic) bond motifs is 2. The third-order valence-electron chi connectivity index (χ3n) is 10.3. The molecule has 2 saturated heterocycles. The van der Waals surface area contributed by atoms with Crippen LogP contribution in [0.2, 0.25) is 5.02 Å². The number of anilines is 2. The molecule has 3 aliphatic rings. The van der Waals surface area contributed by atoms with E-state index in [1.807, 2.05) is 31.3 Å². The zero-order valence-corrected chi connectivity index (χ0v) is 32.0. The van der Waals surface area contributed by atoms with Gasteiger partial charge in [0.2, 0.25) is 5.95 Å². The van der Waals surface area contributed by atoms with E-state index in [9.17, 15) is 0 Å². The molecule has 2 bridgehead atoms. The molecular weight excluding hydrogens is 714 g/mol. The van der Waals surface area contributed by atoms with Gasteiger partial charge in [0.25, 0.3) is 5.88 Å². The average molecular weight is 766 g/mol. The quantitative estimate of drug-likeness (QED) is 0.112. The number of hydrogen-bond acceptors (Lipinski definition) is 13. The Morgan fingerprint density at radius 3 is 2.35 bits per heavy atom. The third-order valence-corrected chi connectivity index (χ3v) is 10.6. The number of hydrogen-bond donors (Lipinski definition) is 1. The highest BCUT2D eigenvalue weighted by molar-refractivity contribution is 6.32. The molecule has 7 rings (SSSR count). The average Bonchev–Trinajstić information content (AvgIpc) is 3.91. The molecule has 16 heteroatoms. The predicted octanol–water partition coefficient (Wildman–Crippen LogP) is 5.59. The number of rotatable bonds is 20. The first-order valence-corrected chi connectivity index (χ1v) is 19.5. The summed E-state index contributed by atoms with van der Waals surface area (Å²) in [6.07, 6.45) is 16.3. The van der Waals surface area contributed by atoms with E-state index in [0.717, 1.165) is 55.7 Å². The van der Waals surface area contributed by atoms with Crippen molar-refractivity contribution in [3.63, 3.8) is 0 Å². The number of nitrogens with one attached hydrogen (secondary N) is 1. The highest BCUT2D eigenvalue weighted by Gasteiger charge is 2.42. The summed E-state index contributed by atoms with van der Waals surface area (Å²) in [6.45, 7) is 7.48. The van der Waals surface area contributed by atoms with Crippen molar-refractivity contribution in [2.75, 3.05) is 65.3 Å². The Morgan fingerprint density at radius 2 is 1.61 bits per heavy atom. The molecular formula is C38H52ClN9O6. The molecule has 3 fully saturated rings. The molecule has 292 valence electrons. The first-order chi connectivity index (χ1) is 26.5. The van der Waals surface area contributed by atoms with Crippen LogP contribution >= 0.6 is 11.6 Å². The maximum absolute atomic E-state index is 6.50. The van der Waals surface area contributed by atoms with Crippen LogP contribution in [0.4, 0.5) is 11.6 Å². The van der Waals surface area contributed by atoms with Crippen LogP contribution in [0.5, 0.6) is 11.6 Å². The Labute approximate surface area is 321 Å². The minimum atomic E-state index is -0.173. The number of benzene rings is 1. The first kappa shape index (κ1) is 38.4. The van der Waals surface area contributed by atoms with E-state index < -0.39 is 0 Å². The van der Waals surface area contributed by atoms with Gasteiger partial charge < -0.3 is 33.7 Å². The van der Waals surface area contributed by atoms with E-state index in [1.165, 1.54) is 19.2 Å². The van der Waals surface area contributed by atoms with Gasteiger partial charge >= 0.3 is 0 Å². The monoisotopic (exact) mass is 765 g/mol. The number of methoxy groups -OCH3 is 1. The molecule has 2 aliphatic heterocycles. The molecule has 4 aromatic rings. The second-order valence-corrected chi connectivity index (χ2v) is 14.6. The summed E-state index contributed by atoms with van der Waals surface area (Å²) in [7, 11) is 1.66. The predicted molar refractivity (Wildman–Crippen MR) is 202 cm³/mol. The van der Waals surface area contributed by atoms with Crippen molar-refractivity contribution in [1.82, 2.24) is 39.4 Å². The molecule has 0 radical (unpaired) electrons. The van der Waals surface area contributed by atoms with Gasteiger partial charge in [-0.1, -0.05) is 17.7 Å². The summed E-state index contributed by atoms with van der Waals surface area (Å²) in [5, 5.41) is 13.0. The summed E-state index contributed by atoms with van der Waals surface area (Å²) in [4.78, 5) is 16.1. The largest absolute Gasteiger partial charge is 0.487 e. The van der Waals surface area contributed by atoms with Crippen LogP contribution in [-0.4, -0.2) is 124 Å². The van der Waals surface area contributed by atoms with Crippen LogP contribution < -0.4 is 14.8 Å². The van der Waals surface area contributed by atoms with E-state index in [2.05, 4.69) is 34.9 Å². The molecule has 0 amide bonds. The molecule has 1 aliphatic carbocycles. The molecule has 1 aromatic carbocycles. The topological polar surface area (TPSA) is 145 Å². The maximum atomic E-state index is 6.50. The standard InChI is InChI=1S/C38H52ClN9O6/c1-27(21-46-26-40-25-43-46)54-36-18-28(4-11-34(36)39)29-19-41-38(42-20-29)44-35-22-47(45-37(35)53-13-3-12-50-16-17-51-15-14-49-2)30-5-7-31(8-6-30)48-32-9-10-33(48)24-52-23-32/h4,11,18-20,22,25-27,30-33H,3,5-10,12-17,21,23-24H2,1-2H3,(H,41,42,44)/t27-,30?,31?,32-,33+/m0/s1. The Hall–Kier alpha value is -3.86. The molecule has 5 heterocycles. The van der Waals surface area contributed by atoms with E-state index in [1.54, 1.807) is 30.5 Å². The lowest BCUT2D eigenvalue weighted by Gasteiger charge is -2.43. The number of halogens is 1. The highest BCUT2D eigenvalue weighted by Crippen LogP contribution is 2.39. The van der Waals surface area contributed by atoms with Crippen molar-refractivity contribution in [2.24, 2.45) is 0 Å². The SMILES string of the molecule is COCCOCCOCCCOc1nn(C2CCC(N3[C@@H]4CC[C@H]3COC4)CC2)cc1Nc1ncc(-c2ccc(Cl)c(O[C@@H](C)Cn3cncn3)c2)cn1. The van der Waals surface area contributed by atoms with Gasteiger partial charge in [-0.05, 0) is 63.1 Å². The molecule has 3 atom stereocenters. The van der Waals surface area contributed by atoms with Gasteiger partial charge in [0.05, 0.1) is 70.1 Å². The fraction of sp³-hybridized carbons (Fsp3) is 0.605. The van der Waals surface area contributed by atoms with Gasteiger partial charge in [-0.3, -0.25) is 9.58 Å². The van der Waals surface area contributed by atoms with Crippen LogP contribution in [0.3, 0.4) is 0 Å². The summed E-state index contributed by atoms with van der Waals surface area (Å²) in [6, 6.07) is 7.73. The first-order valence-electron chi connectivity index (χ1n) is 19.1. The van der Waals surface area contributed by atoms with Crippen molar-refractivity contribution in [1.29, 1.82) is 0 Å². The van der Waals surface area contributed by atoms with Gasteiger partial charge in [-0.2, -0.15) is 5.10 Å². The number of nitrogens with zero attached hydrogens (tertiary/aromatic N) is 8. The van der Waals surface area contributed by atoms with Gasteiger partial charge in [0.1, 0.15) is 30.2 Å². The fourth-order valence-electron chi connectivity index (χ4n) is 7.71. The van der Waals surface area contributed by atoms with Crippen molar-refractivity contribution >= 4 is 23.2 Å². The lowest BCUT2D eigenvalue weighted by Crippen LogP contribution is -2.52. The Balaban J connectivity index is 0.979. The molecule has 1 N–H and O–H groups in total. The van der Waals surface area contributed by atoms with Gasteiger partial charge in [0, 0.05) is 56.2 Å².